The van der Waals surface area contributed by atoms with Crippen LogP contribution in [0.1, 0.15) is 26.4 Å². The number of aromatic nitrogens is 2. The molecule has 5 heteroatoms. The van der Waals surface area contributed by atoms with E-state index in [2.05, 4.69) is 4.98 Å². The van der Waals surface area contributed by atoms with E-state index in [1.807, 2.05) is 49.4 Å². The van der Waals surface area contributed by atoms with E-state index in [1.54, 1.807) is 34.9 Å². The molecule has 0 atom stereocenters. The molecule has 4 rings (SSSR count). The van der Waals surface area contributed by atoms with Crippen molar-refractivity contribution in [3.63, 3.8) is 0 Å². The van der Waals surface area contributed by atoms with Crippen molar-refractivity contribution in [2.75, 3.05) is 0 Å². The molecule has 2 heterocycles. The molecule has 0 aliphatic rings. The van der Waals surface area contributed by atoms with E-state index in [-0.39, 0.29) is 5.69 Å². The normalized spacial score (nSPS) is 10.9. The number of Topliss-reactive ketones (excluding diaryl/α,β-unsaturated/α-hetero) is 2. The summed E-state index contributed by atoms with van der Waals surface area (Å²) < 4.78 is 1.67. The number of ketones is 2. The van der Waals surface area contributed by atoms with Crippen LogP contribution in [-0.4, -0.2) is 21.0 Å². The van der Waals surface area contributed by atoms with Gasteiger partial charge < -0.3 is 0 Å². The van der Waals surface area contributed by atoms with E-state index in [9.17, 15) is 9.59 Å². The van der Waals surface area contributed by atoms with E-state index >= 15 is 0 Å². The third kappa shape index (κ3) is 3.15. The zero-order chi connectivity index (χ0) is 19.0. The van der Waals surface area contributed by atoms with Crippen LogP contribution in [0.3, 0.4) is 0 Å². The third-order valence-corrected chi connectivity index (χ3v) is 4.61. The summed E-state index contributed by atoms with van der Waals surface area (Å²) in [5.74, 6) is -1.20. The third-order valence-electron chi connectivity index (χ3n) is 4.36. The van der Waals surface area contributed by atoms with Crippen molar-refractivity contribution in [2.24, 2.45) is 0 Å². The van der Waals surface area contributed by atoms with Gasteiger partial charge in [-0.1, -0.05) is 41.9 Å². The zero-order valence-electron chi connectivity index (χ0n) is 14.5. The first-order valence-corrected chi connectivity index (χ1v) is 8.81. The molecule has 0 saturated carbocycles. The molecule has 27 heavy (non-hydrogen) atoms. The van der Waals surface area contributed by atoms with Gasteiger partial charge in [-0.25, -0.2) is 4.98 Å². The van der Waals surface area contributed by atoms with E-state index in [0.29, 0.717) is 21.9 Å². The Kier molecular flexibility index (Phi) is 4.34. The number of nitrogens with zero attached hydrogens (tertiary/aromatic N) is 2. The first-order valence-electron chi connectivity index (χ1n) is 8.43. The maximum absolute atomic E-state index is 13.1. The molecule has 0 N–H and O–H groups in total. The van der Waals surface area contributed by atoms with Crippen molar-refractivity contribution < 1.29 is 9.59 Å². The molecule has 2 aromatic heterocycles. The summed E-state index contributed by atoms with van der Waals surface area (Å²) in [6.45, 7) is 1.96. The second-order valence-corrected chi connectivity index (χ2v) is 6.71. The Morgan fingerprint density at radius 1 is 0.926 bits per heavy atom. The van der Waals surface area contributed by atoms with Crippen LogP contribution in [0.25, 0.3) is 16.9 Å². The van der Waals surface area contributed by atoms with Gasteiger partial charge in [0.1, 0.15) is 17.0 Å². The smallest absolute Gasteiger partial charge is 0.252 e. The molecule has 0 unspecified atom stereocenters. The quantitative estimate of drug-likeness (QED) is 0.372. The van der Waals surface area contributed by atoms with Crippen LogP contribution in [-0.2, 0) is 0 Å². The molecule has 0 radical (unpaired) electrons. The fourth-order valence-electron chi connectivity index (χ4n) is 3.00. The van der Waals surface area contributed by atoms with E-state index in [4.69, 9.17) is 11.6 Å². The van der Waals surface area contributed by atoms with E-state index < -0.39 is 11.6 Å². The van der Waals surface area contributed by atoms with Gasteiger partial charge in [0.2, 0.25) is 5.78 Å². The predicted molar refractivity (Wildman–Crippen MR) is 105 cm³/mol. The van der Waals surface area contributed by atoms with Crippen LogP contribution in [0.4, 0.5) is 0 Å². The van der Waals surface area contributed by atoms with Crippen LogP contribution >= 0.6 is 11.6 Å². The average molecular weight is 375 g/mol. The lowest BCUT2D eigenvalue weighted by Crippen LogP contribution is -2.17. The van der Waals surface area contributed by atoms with Gasteiger partial charge in [0, 0.05) is 22.3 Å². The molecule has 0 fully saturated rings. The maximum Gasteiger partial charge on any atom is 0.252 e. The molecule has 0 aliphatic heterocycles. The van der Waals surface area contributed by atoms with Crippen LogP contribution in [0.5, 0.6) is 0 Å². The number of imidazole rings is 1. The number of fused-ring (bicyclic) bond motifs is 1. The van der Waals surface area contributed by atoms with Gasteiger partial charge >= 0.3 is 0 Å². The lowest BCUT2D eigenvalue weighted by Gasteiger charge is -2.05. The van der Waals surface area contributed by atoms with Crippen LogP contribution in [0, 0.1) is 6.92 Å². The van der Waals surface area contributed by atoms with Crippen LogP contribution in [0.2, 0.25) is 5.02 Å². The minimum absolute atomic E-state index is 0.260. The number of benzene rings is 2. The fourth-order valence-corrected chi connectivity index (χ4v) is 3.13. The van der Waals surface area contributed by atoms with Gasteiger partial charge in [-0.15, -0.1) is 0 Å². The first-order chi connectivity index (χ1) is 13.0. The molecular weight excluding hydrogens is 360 g/mol. The highest BCUT2D eigenvalue weighted by atomic mass is 35.5. The summed E-state index contributed by atoms with van der Waals surface area (Å²) in [7, 11) is 0. The summed E-state index contributed by atoms with van der Waals surface area (Å²) in [6.07, 6.45) is 1.77. The SMILES string of the molecule is Cc1ccn2c(C(=O)C(=O)c3ccc(Cl)cc3)c(-c3ccccc3)nc2c1. The van der Waals surface area contributed by atoms with Crippen molar-refractivity contribution in [1.82, 2.24) is 9.38 Å². The first kappa shape index (κ1) is 17.2. The lowest BCUT2D eigenvalue weighted by molar-refractivity contribution is 0.0814. The van der Waals surface area contributed by atoms with Gasteiger partial charge in [0.15, 0.2) is 0 Å². The van der Waals surface area contributed by atoms with Crippen LogP contribution < -0.4 is 0 Å². The second-order valence-electron chi connectivity index (χ2n) is 6.27. The minimum atomic E-state index is -0.604. The number of carbonyl (C=O) groups excluding carboxylic acids is 2. The topological polar surface area (TPSA) is 51.4 Å². The maximum atomic E-state index is 13.1. The minimum Gasteiger partial charge on any atom is -0.296 e. The number of aryl methyl sites for hydroxylation is 1. The molecule has 0 bridgehead atoms. The summed E-state index contributed by atoms with van der Waals surface area (Å²) in [6, 6.07) is 19.5. The molecule has 2 aromatic carbocycles. The Morgan fingerprint density at radius 2 is 1.63 bits per heavy atom. The van der Waals surface area contributed by atoms with Gasteiger partial charge in [-0.05, 0) is 48.9 Å². The Morgan fingerprint density at radius 3 is 2.33 bits per heavy atom. The Bertz CT molecular complexity index is 1160. The van der Waals surface area contributed by atoms with Gasteiger partial charge in [0.05, 0.1) is 0 Å². The predicted octanol–water partition coefficient (Wildman–Crippen LogP) is 5.03. The van der Waals surface area contributed by atoms with Crippen molar-refractivity contribution in [1.29, 1.82) is 0 Å². The van der Waals surface area contributed by atoms with Crippen molar-refractivity contribution in [2.45, 2.75) is 6.92 Å². The largest absolute Gasteiger partial charge is 0.296 e. The Hall–Kier alpha value is -3.24. The van der Waals surface area contributed by atoms with E-state index in [0.717, 1.165) is 11.1 Å². The standard InChI is InChI=1S/C22H15ClN2O2/c1-14-11-12-25-18(13-14)24-19(15-5-3-2-4-6-15)20(25)22(27)21(26)16-7-9-17(23)10-8-16/h2-13H,1H3. The molecule has 0 aliphatic carbocycles. The van der Waals surface area contributed by atoms with Gasteiger partial charge in [0.25, 0.3) is 5.78 Å². The van der Waals surface area contributed by atoms with Crippen molar-refractivity contribution >= 4 is 28.8 Å². The lowest BCUT2D eigenvalue weighted by atomic mass is 10.0. The highest BCUT2D eigenvalue weighted by molar-refractivity contribution is 6.49. The summed E-state index contributed by atoms with van der Waals surface area (Å²) in [5, 5.41) is 0.509. The van der Waals surface area contributed by atoms with Gasteiger partial charge in [-0.3, -0.25) is 14.0 Å². The molecule has 0 spiro atoms. The van der Waals surface area contributed by atoms with Crippen molar-refractivity contribution in [3.8, 4) is 11.3 Å². The highest BCUT2D eigenvalue weighted by Gasteiger charge is 2.26. The number of hydrogen-bond acceptors (Lipinski definition) is 3. The summed E-state index contributed by atoms with van der Waals surface area (Å²) >= 11 is 5.88. The van der Waals surface area contributed by atoms with E-state index in [1.165, 1.54) is 0 Å². The number of hydrogen-bond donors (Lipinski definition) is 0. The fraction of sp³-hybridized carbons (Fsp3) is 0.0455. The second kappa shape index (κ2) is 6.82. The molecular formula is C22H15ClN2O2. The summed E-state index contributed by atoms with van der Waals surface area (Å²) in [4.78, 5) is 30.6. The van der Waals surface area contributed by atoms with Gasteiger partial charge in [-0.2, -0.15) is 0 Å². The highest BCUT2D eigenvalue weighted by Crippen LogP contribution is 2.26. The number of carbonyl (C=O) groups is 2. The molecule has 4 nitrogen and oxygen atoms in total. The molecule has 0 saturated heterocycles. The van der Waals surface area contributed by atoms with Crippen molar-refractivity contribution in [3.05, 3.63) is 94.8 Å². The molecule has 4 aromatic rings. The number of halogens is 1. The summed E-state index contributed by atoms with van der Waals surface area (Å²) in [5.41, 5.74) is 3.48. The molecule has 0 amide bonds. The van der Waals surface area contributed by atoms with Crippen LogP contribution in [0.15, 0.2) is 72.9 Å². The zero-order valence-corrected chi connectivity index (χ0v) is 15.3. The average Bonchev–Trinajstić information content (AvgIpc) is 3.06. The number of pyridine rings is 1. The Balaban J connectivity index is 1.90. The molecule has 132 valence electrons. The Labute approximate surface area is 161 Å². The monoisotopic (exact) mass is 374 g/mol. The number of rotatable bonds is 4.